The Morgan fingerprint density at radius 3 is 2.00 bits per heavy atom. The molecular weight excluding hydrogens is 164 g/mol. The first-order chi connectivity index (χ1) is 6.10. The highest BCUT2D eigenvalue weighted by Crippen LogP contribution is 2.28. The molecule has 0 saturated heterocycles. The SMILES string of the molecule is CCC(CO)(CO)CCCC(C)C. The number of aliphatic hydroxyl groups excluding tert-OH is 2. The van der Waals surface area contributed by atoms with Crippen molar-refractivity contribution in [2.24, 2.45) is 11.3 Å². The zero-order chi connectivity index (χ0) is 10.3. The van der Waals surface area contributed by atoms with E-state index in [1.54, 1.807) is 0 Å². The van der Waals surface area contributed by atoms with Gasteiger partial charge >= 0.3 is 0 Å². The lowest BCUT2D eigenvalue weighted by Crippen LogP contribution is -2.29. The van der Waals surface area contributed by atoms with Gasteiger partial charge in [-0.25, -0.2) is 0 Å². The molecule has 2 nitrogen and oxygen atoms in total. The summed E-state index contributed by atoms with van der Waals surface area (Å²) < 4.78 is 0. The first-order valence-corrected chi connectivity index (χ1v) is 5.32. The van der Waals surface area contributed by atoms with Crippen molar-refractivity contribution in [1.82, 2.24) is 0 Å². The van der Waals surface area contributed by atoms with Crippen molar-refractivity contribution in [3.05, 3.63) is 0 Å². The third kappa shape index (κ3) is 4.63. The molecule has 0 aliphatic rings. The van der Waals surface area contributed by atoms with E-state index in [-0.39, 0.29) is 18.6 Å². The fourth-order valence-corrected chi connectivity index (χ4v) is 1.49. The fraction of sp³-hybridized carbons (Fsp3) is 1.00. The van der Waals surface area contributed by atoms with Crippen LogP contribution >= 0.6 is 0 Å². The van der Waals surface area contributed by atoms with E-state index in [1.807, 2.05) is 6.92 Å². The molecule has 2 heteroatoms. The van der Waals surface area contributed by atoms with Gasteiger partial charge in [-0.15, -0.1) is 0 Å². The van der Waals surface area contributed by atoms with Crippen LogP contribution in [0.15, 0.2) is 0 Å². The molecule has 0 amide bonds. The van der Waals surface area contributed by atoms with Crippen LogP contribution in [0.1, 0.15) is 46.5 Å². The van der Waals surface area contributed by atoms with Crippen LogP contribution in [0.4, 0.5) is 0 Å². The lowest BCUT2D eigenvalue weighted by Gasteiger charge is -2.28. The van der Waals surface area contributed by atoms with Gasteiger partial charge in [0.2, 0.25) is 0 Å². The van der Waals surface area contributed by atoms with Crippen LogP contribution in [0, 0.1) is 11.3 Å². The Morgan fingerprint density at radius 2 is 1.69 bits per heavy atom. The van der Waals surface area contributed by atoms with Gasteiger partial charge in [0.05, 0.1) is 13.2 Å². The molecule has 0 unspecified atom stereocenters. The Hall–Kier alpha value is -0.0800. The smallest absolute Gasteiger partial charge is 0.0509 e. The number of aliphatic hydroxyl groups is 2. The molecule has 0 rings (SSSR count). The summed E-state index contributed by atoms with van der Waals surface area (Å²) in [6.07, 6.45) is 4.08. The zero-order valence-electron chi connectivity index (χ0n) is 9.21. The Morgan fingerprint density at radius 1 is 1.15 bits per heavy atom. The van der Waals surface area contributed by atoms with Gasteiger partial charge in [0, 0.05) is 5.41 Å². The second-order valence-corrected chi connectivity index (χ2v) is 4.46. The highest BCUT2D eigenvalue weighted by molar-refractivity contribution is 4.76. The summed E-state index contributed by atoms with van der Waals surface area (Å²) in [5, 5.41) is 18.4. The highest BCUT2D eigenvalue weighted by atomic mass is 16.3. The lowest BCUT2D eigenvalue weighted by atomic mass is 9.81. The van der Waals surface area contributed by atoms with Crippen LogP contribution < -0.4 is 0 Å². The second kappa shape index (κ2) is 6.39. The van der Waals surface area contributed by atoms with Gasteiger partial charge in [-0.3, -0.25) is 0 Å². The monoisotopic (exact) mass is 188 g/mol. The molecule has 0 aliphatic heterocycles. The van der Waals surface area contributed by atoms with E-state index >= 15 is 0 Å². The predicted molar refractivity (Wildman–Crippen MR) is 55.6 cm³/mol. The molecule has 0 aliphatic carbocycles. The van der Waals surface area contributed by atoms with Crippen LogP contribution in [0.3, 0.4) is 0 Å². The molecule has 2 N–H and O–H groups in total. The topological polar surface area (TPSA) is 40.5 Å². The minimum atomic E-state index is -0.227. The standard InChI is InChI=1S/C11H24O2/c1-4-11(8-12,9-13)7-5-6-10(2)3/h10,12-13H,4-9H2,1-3H3. The summed E-state index contributed by atoms with van der Waals surface area (Å²) in [5.74, 6) is 0.715. The Bertz CT molecular complexity index is 109. The van der Waals surface area contributed by atoms with E-state index in [0.717, 1.165) is 19.3 Å². The average molecular weight is 188 g/mol. The molecule has 0 aromatic rings. The molecule has 0 radical (unpaired) electrons. The Labute approximate surface area is 82.0 Å². The van der Waals surface area contributed by atoms with Crippen LogP contribution in [0.5, 0.6) is 0 Å². The predicted octanol–water partition coefficient (Wildman–Crippen LogP) is 2.19. The number of hydrogen-bond donors (Lipinski definition) is 2. The molecule has 0 saturated carbocycles. The lowest BCUT2D eigenvalue weighted by molar-refractivity contribution is 0.0410. The first-order valence-electron chi connectivity index (χ1n) is 5.32. The molecule has 0 bridgehead atoms. The molecule has 0 fully saturated rings. The highest BCUT2D eigenvalue weighted by Gasteiger charge is 2.25. The van der Waals surface area contributed by atoms with Crippen molar-refractivity contribution in [2.75, 3.05) is 13.2 Å². The normalized spacial score (nSPS) is 12.5. The van der Waals surface area contributed by atoms with Crippen molar-refractivity contribution >= 4 is 0 Å². The van der Waals surface area contributed by atoms with Gasteiger partial charge in [-0.1, -0.05) is 33.6 Å². The summed E-state index contributed by atoms with van der Waals surface area (Å²) in [6.45, 7) is 6.65. The third-order valence-electron chi connectivity index (χ3n) is 2.91. The maximum Gasteiger partial charge on any atom is 0.0509 e. The van der Waals surface area contributed by atoms with E-state index in [9.17, 15) is 10.2 Å². The summed E-state index contributed by atoms with van der Waals surface area (Å²) in [4.78, 5) is 0. The van der Waals surface area contributed by atoms with Crippen LogP contribution in [0.2, 0.25) is 0 Å². The van der Waals surface area contributed by atoms with Crippen molar-refractivity contribution in [2.45, 2.75) is 46.5 Å². The first kappa shape index (κ1) is 12.9. The molecular formula is C11H24O2. The number of hydrogen-bond acceptors (Lipinski definition) is 2. The molecule has 13 heavy (non-hydrogen) atoms. The van der Waals surface area contributed by atoms with E-state index < -0.39 is 0 Å². The minimum absolute atomic E-state index is 0.109. The molecule has 0 atom stereocenters. The van der Waals surface area contributed by atoms with E-state index in [0.29, 0.717) is 5.92 Å². The van der Waals surface area contributed by atoms with Crippen molar-refractivity contribution in [3.63, 3.8) is 0 Å². The van der Waals surface area contributed by atoms with E-state index in [2.05, 4.69) is 13.8 Å². The summed E-state index contributed by atoms with van der Waals surface area (Å²) in [7, 11) is 0. The van der Waals surface area contributed by atoms with E-state index in [1.165, 1.54) is 6.42 Å². The van der Waals surface area contributed by atoms with Gasteiger partial charge in [-0.2, -0.15) is 0 Å². The summed E-state index contributed by atoms with van der Waals surface area (Å²) >= 11 is 0. The molecule has 0 aromatic heterocycles. The molecule has 0 heterocycles. The zero-order valence-corrected chi connectivity index (χ0v) is 9.21. The second-order valence-electron chi connectivity index (χ2n) is 4.46. The van der Waals surface area contributed by atoms with Gasteiger partial charge in [0.15, 0.2) is 0 Å². The summed E-state index contributed by atoms with van der Waals surface area (Å²) in [5.41, 5.74) is -0.227. The van der Waals surface area contributed by atoms with Crippen molar-refractivity contribution in [3.8, 4) is 0 Å². The molecule has 80 valence electrons. The molecule has 0 aromatic carbocycles. The average Bonchev–Trinajstić information content (AvgIpc) is 2.13. The maximum atomic E-state index is 9.18. The number of rotatable bonds is 7. The minimum Gasteiger partial charge on any atom is -0.396 e. The summed E-state index contributed by atoms with van der Waals surface area (Å²) in [6, 6.07) is 0. The van der Waals surface area contributed by atoms with Gasteiger partial charge in [0.25, 0.3) is 0 Å². The van der Waals surface area contributed by atoms with Crippen molar-refractivity contribution < 1.29 is 10.2 Å². The Balaban J connectivity index is 3.81. The maximum absolute atomic E-state index is 9.18. The molecule has 0 spiro atoms. The third-order valence-corrected chi connectivity index (χ3v) is 2.91. The Kier molecular flexibility index (Phi) is 6.35. The van der Waals surface area contributed by atoms with Gasteiger partial charge < -0.3 is 10.2 Å². The van der Waals surface area contributed by atoms with E-state index in [4.69, 9.17) is 0 Å². The van der Waals surface area contributed by atoms with Gasteiger partial charge in [-0.05, 0) is 18.8 Å². The van der Waals surface area contributed by atoms with Gasteiger partial charge in [0.1, 0.15) is 0 Å². The van der Waals surface area contributed by atoms with Crippen LogP contribution in [0.25, 0.3) is 0 Å². The quantitative estimate of drug-likeness (QED) is 0.643. The fourth-order valence-electron chi connectivity index (χ4n) is 1.49. The largest absolute Gasteiger partial charge is 0.396 e. The van der Waals surface area contributed by atoms with Crippen LogP contribution in [-0.4, -0.2) is 23.4 Å². The van der Waals surface area contributed by atoms with Crippen LogP contribution in [-0.2, 0) is 0 Å². The van der Waals surface area contributed by atoms with Crippen molar-refractivity contribution in [1.29, 1.82) is 0 Å².